The summed E-state index contributed by atoms with van der Waals surface area (Å²) in [7, 11) is 0. The Morgan fingerprint density at radius 3 is 1.70 bits per heavy atom. The number of aromatic nitrogens is 4. The van der Waals surface area contributed by atoms with E-state index in [1.807, 2.05) is 152 Å². The molecule has 0 amide bonds. The molecular formula is C41H25N5O. The average Bonchev–Trinajstić information content (AvgIpc) is 3.60. The number of fused-ring (bicyclic) bond motifs is 1. The first kappa shape index (κ1) is 27.8. The van der Waals surface area contributed by atoms with Gasteiger partial charge in [0.25, 0.3) is 0 Å². The summed E-state index contributed by atoms with van der Waals surface area (Å²) in [6.45, 7) is 0. The average molecular weight is 604 g/mol. The molecule has 6 aromatic carbocycles. The molecule has 8 aromatic rings. The molecule has 0 saturated carbocycles. The zero-order chi connectivity index (χ0) is 31.6. The third-order valence-corrected chi connectivity index (χ3v) is 8.03. The summed E-state index contributed by atoms with van der Waals surface area (Å²) < 4.78 is 6.02. The van der Waals surface area contributed by atoms with Crippen LogP contribution in [0.4, 0.5) is 0 Å². The van der Waals surface area contributed by atoms with Crippen molar-refractivity contribution < 1.29 is 4.42 Å². The summed E-state index contributed by atoms with van der Waals surface area (Å²) in [5.74, 6) is 2.26. The number of nitriles is 1. The van der Waals surface area contributed by atoms with E-state index in [0.717, 1.165) is 55.6 Å². The van der Waals surface area contributed by atoms with Crippen molar-refractivity contribution in [2.75, 3.05) is 0 Å². The zero-order valence-corrected chi connectivity index (χ0v) is 25.1. The van der Waals surface area contributed by atoms with Crippen molar-refractivity contribution in [3.63, 3.8) is 0 Å². The van der Waals surface area contributed by atoms with Crippen LogP contribution in [0.1, 0.15) is 5.56 Å². The molecule has 2 aromatic heterocycles. The lowest BCUT2D eigenvalue weighted by atomic mass is 9.92. The van der Waals surface area contributed by atoms with E-state index in [1.165, 1.54) is 0 Å². The summed E-state index contributed by atoms with van der Waals surface area (Å²) in [5, 5.41) is 10.4. The Morgan fingerprint density at radius 1 is 0.426 bits per heavy atom. The predicted octanol–water partition coefficient (Wildman–Crippen LogP) is 9.89. The van der Waals surface area contributed by atoms with Crippen LogP contribution < -0.4 is 0 Å². The third-order valence-electron chi connectivity index (χ3n) is 8.03. The standard InChI is InChI=1S/C41H25N5O/c42-26-32-25-30(29-16-11-17-31(24-29)41-43-36-20-9-10-21-37(36)47-41)22-23-33(32)34-18-7-8-19-35(34)40-45-38(27-12-3-1-4-13-27)44-39(46-40)28-14-5-2-6-15-28/h1-25H. The van der Waals surface area contributed by atoms with Crippen LogP contribution in [0.2, 0.25) is 0 Å². The van der Waals surface area contributed by atoms with Crippen LogP contribution in [0.3, 0.4) is 0 Å². The molecule has 0 fully saturated rings. The number of hydrogen-bond donors (Lipinski definition) is 0. The highest BCUT2D eigenvalue weighted by Crippen LogP contribution is 2.36. The van der Waals surface area contributed by atoms with E-state index in [4.69, 9.17) is 19.4 Å². The Bertz CT molecular complexity index is 2340. The van der Waals surface area contributed by atoms with Crippen LogP contribution in [-0.4, -0.2) is 19.9 Å². The van der Waals surface area contributed by atoms with Gasteiger partial charge in [-0.25, -0.2) is 19.9 Å². The molecule has 8 rings (SSSR count). The van der Waals surface area contributed by atoms with Gasteiger partial charge in [-0.05, 0) is 47.0 Å². The van der Waals surface area contributed by atoms with E-state index in [0.29, 0.717) is 28.9 Å². The topological polar surface area (TPSA) is 88.5 Å². The highest BCUT2D eigenvalue weighted by Gasteiger charge is 2.18. The third kappa shape index (κ3) is 5.43. The molecule has 0 N–H and O–H groups in total. The Labute approximate surface area is 271 Å². The molecule has 0 bridgehead atoms. The van der Waals surface area contributed by atoms with Gasteiger partial charge in [0.15, 0.2) is 23.1 Å². The first-order valence-corrected chi connectivity index (χ1v) is 15.2. The minimum absolute atomic E-state index is 0.535. The second-order valence-electron chi connectivity index (χ2n) is 11.0. The lowest BCUT2D eigenvalue weighted by molar-refractivity contribution is 0.620. The lowest BCUT2D eigenvalue weighted by Gasteiger charge is -2.14. The van der Waals surface area contributed by atoms with Gasteiger partial charge >= 0.3 is 0 Å². The summed E-state index contributed by atoms with van der Waals surface area (Å²) in [6, 6.07) is 51.9. The molecule has 0 saturated heterocycles. The van der Waals surface area contributed by atoms with Crippen LogP contribution in [0.25, 0.3) is 79.0 Å². The van der Waals surface area contributed by atoms with Crippen LogP contribution >= 0.6 is 0 Å². The second kappa shape index (κ2) is 12.0. The molecule has 6 heteroatoms. The SMILES string of the molecule is N#Cc1cc(-c2cccc(-c3nc4ccccc4o3)c2)ccc1-c1ccccc1-c1nc(-c2ccccc2)nc(-c2ccccc2)n1. The van der Waals surface area contributed by atoms with E-state index >= 15 is 0 Å². The number of hydrogen-bond acceptors (Lipinski definition) is 6. The fraction of sp³-hybridized carbons (Fsp3) is 0. The van der Waals surface area contributed by atoms with E-state index in [2.05, 4.69) is 11.1 Å². The summed E-state index contributed by atoms with van der Waals surface area (Å²) in [5.41, 5.74) is 9.10. The molecule has 0 aliphatic heterocycles. The van der Waals surface area contributed by atoms with Gasteiger partial charge in [0.2, 0.25) is 5.89 Å². The Balaban J connectivity index is 1.22. The normalized spacial score (nSPS) is 11.0. The van der Waals surface area contributed by atoms with Crippen molar-refractivity contribution in [1.82, 2.24) is 19.9 Å². The Hall–Kier alpha value is -6.71. The van der Waals surface area contributed by atoms with Crippen LogP contribution in [0.5, 0.6) is 0 Å². The zero-order valence-electron chi connectivity index (χ0n) is 25.1. The maximum Gasteiger partial charge on any atom is 0.227 e. The molecule has 220 valence electrons. The smallest absolute Gasteiger partial charge is 0.227 e. The molecular weight excluding hydrogens is 578 g/mol. The molecule has 6 nitrogen and oxygen atoms in total. The molecule has 0 atom stereocenters. The summed E-state index contributed by atoms with van der Waals surface area (Å²) >= 11 is 0. The number of nitrogens with zero attached hydrogens (tertiary/aromatic N) is 5. The van der Waals surface area contributed by atoms with E-state index < -0.39 is 0 Å². The molecule has 0 spiro atoms. The molecule has 0 unspecified atom stereocenters. The first-order valence-electron chi connectivity index (χ1n) is 15.2. The van der Waals surface area contributed by atoms with Crippen LogP contribution in [0.15, 0.2) is 156 Å². The highest BCUT2D eigenvalue weighted by atomic mass is 16.3. The van der Waals surface area contributed by atoms with Gasteiger partial charge in [-0.2, -0.15) is 5.26 Å². The minimum atomic E-state index is 0.535. The summed E-state index contributed by atoms with van der Waals surface area (Å²) in [6.07, 6.45) is 0. The van der Waals surface area contributed by atoms with Gasteiger partial charge in [0, 0.05) is 27.8 Å². The first-order chi connectivity index (χ1) is 23.2. The number of benzene rings is 6. The van der Waals surface area contributed by atoms with Crippen molar-refractivity contribution in [2.24, 2.45) is 0 Å². The Morgan fingerprint density at radius 2 is 1.00 bits per heavy atom. The fourth-order valence-corrected chi connectivity index (χ4v) is 5.72. The maximum atomic E-state index is 10.4. The quantitative estimate of drug-likeness (QED) is 0.188. The van der Waals surface area contributed by atoms with E-state index in [-0.39, 0.29) is 0 Å². The Kier molecular flexibility index (Phi) is 7.10. The lowest BCUT2D eigenvalue weighted by Crippen LogP contribution is -2.01. The monoisotopic (exact) mass is 603 g/mol. The van der Waals surface area contributed by atoms with Crippen LogP contribution in [-0.2, 0) is 0 Å². The molecule has 0 radical (unpaired) electrons. The second-order valence-corrected chi connectivity index (χ2v) is 11.0. The molecule has 0 aliphatic carbocycles. The van der Waals surface area contributed by atoms with Crippen molar-refractivity contribution in [2.45, 2.75) is 0 Å². The fourth-order valence-electron chi connectivity index (χ4n) is 5.72. The van der Waals surface area contributed by atoms with Gasteiger partial charge in [-0.3, -0.25) is 0 Å². The van der Waals surface area contributed by atoms with Gasteiger partial charge in [0.05, 0.1) is 11.6 Å². The van der Waals surface area contributed by atoms with Gasteiger partial charge in [0.1, 0.15) is 5.52 Å². The van der Waals surface area contributed by atoms with E-state index in [9.17, 15) is 5.26 Å². The largest absolute Gasteiger partial charge is 0.436 e. The number of rotatable bonds is 6. The molecule has 0 aliphatic rings. The van der Waals surface area contributed by atoms with Gasteiger partial charge < -0.3 is 4.42 Å². The van der Waals surface area contributed by atoms with Gasteiger partial charge in [-0.15, -0.1) is 0 Å². The molecule has 2 heterocycles. The minimum Gasteiger partial charge on any atom is -0.436 e. The van der Waals surface area contributed by atoms with E-state index in [1.54, 1.807) is 0 Å². The number of oxazole rings is 1. The van der Waals surface area contributed by atoms with Gasteiger partial charge in [-0.1, -0.05) is 121 Å². The van der Waals surface area contributed by atoms with Crippen molar-refractivity contribution in [1.29, 1.82) is 5.26 Å². The van der Waals surface area contributed by atoms with Crippen molar-refractivity contribution in [3.8, 4) is 73.9 Å². The number of para-hydroxylation sites is 2. The maximum absolute atomic E-state index is 10.4. The predicted molar refractivity (Wildman–Crippen MR) is 185 cm³/mol. The summed E-state index contributed by atoms with van der Waals surface area (Å²) in [4.78, 5) is 19.4. The van der Waals surface area contributed by atoms with Crippen molar-refractivity contribution in [3.05, 3.63) is 157 Å². The van der Waals surface area contributed by atoms with Crippen molar-refractivity contribution >= 4 is 11.1 Å². The highest BCUT2D eigenvalue weighted by molar-refractivity contribution is 5.86. The van der Waals surface area contributed by atoms with Crippen LogP contribution in [0, 0.1) is 11.3 Å². The molecule has 47 heavy (non-hydrogen) atoms.